The van der Waals surface area contributed by atoms with E-state index < -0.39 is 5.82 Å². The first-order chi connectivity index (χ1) is 8.79. The second-order valence-electron chi connectivity index (χ2n) is 3.66. The van der Waals surface area contributed by atoms with E-state index in [0.29, 0.717) is 32.1 Å². The lowest BCUT2D eigenvalue weighted by atomic mass is 10.2. The van der Waals surface area contributed by atoms with Crippen LogP contribution >= 0.6 is 0 Å². The molecule has 0 atom stereocenters. The summed E-state index contributed by atoms with van der Waals surface area (Å²) in [5.41, 5.74) is 0.576. The number of hydrogen-bond acceptors (Lipinski definition) is 4. The van der Waals surface area contributed by atoms with Gasteiger partial charge in [-0.25, -0.2) is 4.39 Å². The van der Waals surface area contributed by atoms with Gasteiger partial charge in [-0.1, -0.05) is 6.07 Å². The van der Waals surface area contributed by atoms with Crippen molar-refractivity contribution in [1.29, 1.82) is 5.26 Å². The highest BCUT2D eigenvalue weighted by Gasteiger charge is 2.06. The van der Waals surface area contributed by atoms with Gasteiger partial charge >= 0.3 is 0 Å². The molecule has 18 heavy (non-hydrogen) atoms. The zero-order chi connectivity index (χ0) is 13.2. The number of benzene rings is 1. The maximum absolute atomic E-state index is 13.3. The number of methoxy groups -OCH3 is 1. The van der Waals surface area contributed by atoms with E-state index in [0.717, 1.165) is 6.42 Å². The summed E-state index contributed by atoms with van der Waals surface area (Å²) in [4.78, 5) is 0. The molecular weight excluding hydrogens is 235 g/mol. The van der Waals surface area contributed by atoms with Crippen LogP contribution in [0.25, 0.3) is 0 Å². The van der Waals surface area contributed by atoms with Gasteiger partial charge < -0.3 is 14.8 Å². The van der Waals surface area contributed by atoms with Crippen molar-refractivity contribution in [1.82, 2.24) is 0 Å². The lowest BCUT2D eigenvalue weighted by Crippen LogP contribution is -2.09. The van der Waals surface area contributed by atoms with Crippen LogP contribution in [0.4, 0.5) is 10.1 Å². The molecular formula is C13H17FN2O2. The Hall–Kier alpha value is -1.64. The first kappa shape index (κ1) is 14.4. The van der Waals surface area contributed by atoms with Crippen LogP contribution in [0.15, 0.2) is 18.2 Å². The molecule has 98 valence electrons. The summed E-state index contributed by atoms with van der Waals surface area (Å²) in [6.45, 7) is 2.38. The fourth-order valence-corrected chi connectivity index (χ4v) is 1.43. The highest BCUT2D eigenvalue weighted by atomic mass is 19.1. The molecule has 0 aliphatic carbocycles. The zero-order valence-electron chi connectivity index (χ0n) is 10.4. The Bertz CT molecular complexity index is 404. The summed E-state index contributed by atoms with van der Waals surface area (Å²) in [5.74, 6) is -0.501. The molecule has 0 aliphatic heterocycles. The molecule has 0 amide bonds. The molecule has 1 aromatic rings. The van der Waals surface area contributed by atoms with Crippen molar-refractivity contribution < 1.29 is 13.9 Å². The number of nitrogens with zero attached hydrogens (tertiary/aromatic N) is 1. The van der Waals surface area contributed by atoms with E-state index in [2.05, 4.69) is 5.32 Å². The van der Waals surface area contributed by atoms with Gasteiger partial charge in [-0.15, -0.1) is 0 Å². The molecule has 0 spiro atoms. The first-order valence-corrected chi connectivity index (χ1v) is 5.78. The van der Waals surface area contributed by atoms with Crippen LogP contribution in [0.1, 0.15) is 12.0 Å². The van der Waals surface area contributed by atoms with Crippen LogP contribution in [0, 0.1) is 17.1 Å². The predicted octanol–water partition coefficient (Wildman–Crippen LogP) is 2.16. The summed E-state index contributed by atoms with van der Waals surface area (Å²) in [6, 6.07) is 6.39. The van der Waals surface area contributed by atoms with E-state index in [1.165, 1.54) is 6.07 Å². The molecule has 0 radical (unpaired) electrons. The number of ether oxygens (including phenoxy) is 2. The van der Waals surface area contributed by atoms with E-state index >= 15 is 0 Å². The molecule has 0 heterocycles. The first-order valence-electron chi connectivity index (χ1n) is 5.78. The van der Waals surface area contributed by atoms with Crippen molar-refractivity contribution in [2.45, 2.75) is 6.42 Å². The van der Waals surface area contributed by atoms with Crippen molar-refractivity contribution in [3.05, 3.63) is 29.6 Å². The Labute approximate surface area is 106 Å². The van der Waals surface area contributed by atoms with Gasteiger partial charge in [0.2, 0.25) is 0 Å². The molecule has 0 aliphatic rings. The molecule has 1 aromatic carbocycles. The molecule has 0 unspecified atom stereocenters. The highest BCUT2D eigenvalue weighted by Crippen LogP contribution is 2.17. The number of hydrogen-bond donors (Lipinski definition) is 1. The van der Waals surface area contributed by atoms with E-state index in [1.807, 2.05) is 6.07 Å². The normalized spacial score (nSPS) is 10.1. The standard InChI is InChI=1S/C13H17FN2O2/c1-17-8-9-18-7-3-6-16-13-5-2-4-12(14)11(13)10-15/h2,4-5,16H,3,6-9H2,1H3. The summed E-state index contributed by atoms with van der Waals surface area (Å²) >= 11 is 0. The van der Waals surface area contributed by atoms with E-state index in [4.69, 9.17) is 14.7 Å². The summed E-state index contributed by atoms with van der Waals surface area (Å²) in [6.07, 6.45) is 0.783. The van der Waals surface area contributed by atoms with Crippen molar-refractivity contribution in [3.8, 4) is 6.07 Å². The Balaban J connectivity index is 2.28. The predicted molar refractivity (Wildman–Crippen MR) is 66.9 cm³/mol. The smallest absolute Gasteiger partial charge is 0.143 e. The minimum Gasteiger partial charge on any atom is -0.384 e. The molecule has 0 saturated heterocycles. The third-order valence-electron chi connectivity index (χ3n) is 2.34. The van der Waals surface area contributed by atoms with Crippen LogP contribution in [-0.2, 0) is 9.47 Å². The van der Waals surface area contributed by atoms with E-state index in [9.17, 15) is 4.39 Å². The molecule has 0 saturated carbocycles. The van der Waals surface area contributed by atoms with Crippen LogP contribution in [-0.4, -0.2) is 33.5 Å². The van der Waals surface area contributed by atoms with Gasteiger partial charge in [0.25, 0.3) is 0 Å². The maximum atomic E-state index is 13.3. The Morgan fingerprint density at radius 1 is 1.33 bits per heavy atom. The van der Waals surface area contributed by atoms with Crippen LogP contribution < -0.4 is 5.32 Å². The molecule has 1 rings (SSSR count). The molecule has 0 bridgehead atoms. The number of nitriles is 1. The topological polar surface area (TPSA) is 54.3 Å². The minimum absolute atomic E-state index is 0.0535. The molecule has 0 aromatic heterocycles. The SMILES string of the molecule is COCCOCCCNc1cccc(F)c1C#N. The van der Waals surface area contributed by atoms with Crippen molar-refractivity contribution in [2.24, 2.45) is 0 Å². The lowest BCUT2D eigenvalue weighted by Gasteiger charge is -2.08. The average Bonchev–Trinajstić information content (AvgIpc) is 2.38. The number of rotatable bonds is 8. The quantitative estimate of drug-likeness (QED) is 0.720. The Morgan fingerprint density at radius 2 is 2.17 bits per heavy atom. The van der Waals surface area contributed by atoms with Gasteiger partial charge in [0.05, 0.1) is 18.9 Å². The average molecular weight is 252 g/mol. The zero-order valence-corrected chi connectivity index (χ0v) is 10.4. The fourth-order valence-electron chi connectivity index (χ4n) is 1.43. The van der Waals surface area contributed by atoms with Crippen LogP contribution in [0.3, 0.4) is 0 Å². The van der Waals surface area contributed by atoms with Crippen molar-refractivity contribution >= 4 is 5.69 Å². The number of nitrogens with one attached hydrogen (secondary N) is 1. The lowest BCUT2D eigenvalue weighted by molar-refractivity contribution is 0.0705. The highest BCUT2D eigenvalue weighted by molar-refractivity contribution is 5.57. The van der Waals surface area contributed by atoms with Crippen LogP contribution in [0.2, 0.25) is 0 Å². The van der Waals surface area contributed by atoms with E-state index in [-0.39, 0.29) is 5.56 Å². The van der Waals surface area contributed by atoms with Gasteiger partial charge in [0, 0.05) is 20.3 Å². The van der Waals surface area contributed by atoms with Gasteiger partial charge in [-0.05, 0) is 18.6 Å². The number of anilines is 1. The second-order valence-corrected chi connectivity index (χ2v) is 3.66. The van der Waals surface area contributed by atoms with Gasteiger partial charge in [0.15, 0.2) is 0 Å². The summed E-state index contributed by atoms with van der Waals surface area (Å²) < 4.78 is 23.4. The molecule has 0 fully saturated rings. The molecule has 1 N–H and O–H groups in total. The summed E-state index contributed by atoms with van der Waals surface area (Å²) in [7, 11) is 1.62. The van der Waals surface area contributed by atoms with Gasteiger partial charge in [-0.3, -0.25) is 0 Å². The third kappa shape index (κ3) is 4.70. The summed E-state index contributed by atoms with van der Waals surface area (Å²) in [5, 5.41) is 11.9. The Morgan fingerprint density at radius 3 is 2.89 bits per heavy atom. The minimum atomic E-state index is -0.501. The fraction of sp³-hybridized carbons (Fsp3) is 0.462. The van der Waals surface area contributed by atoms with Crippen molar-refractivity contribution in [2.75, 3.05) is 38.8 Å². The molecule has 4 nitrogen and oxygen atoms in total. The molecule has 5 heteroatoms. The monoisotopic (exact) mass is 252 g/mol. The second kappa shape index (κ2) is 8.45. The maximum Gasteiger partial charge on any atom is 0.143 e. The van der Waals surface area contributed by atoms with Crippen molar-refractivity contribution in [3.63, 3.8) is 0 Å². The Kier molecular flexibility index (Phi) is 6.77. The van der Waals surface area contributed by atoms with Crippen LogP contribution in [0.5, 0.6) is 0 Å². The van der Waals surface area contributed by atoms with Gasteiger partial charge in [0.1, 0.15) is 17.4 Å². The third-order valence-corrected chi connectivity index (χ3v) is 2.34. The number of halogens is 1. The van der Waals surface area contributed by atoms with E-state index in [1.54, 1.807) is 19.2 Å². The largest absolute Gasteiger partial charge is 0.384 e. The van der Waals surface area contributed by atoms with Gasteiger partial charge in [-0.2, -0.15) is 5.26 Å².